The van der Waals surface area contributed by atoms with Crippen LogP contribution in [0.25, 0.3) is 0 Å². The first kappa shape index (κ1) is 27.0. The van der Waals surface area contributed by atoms with Crippen LogP contribution in [0.2, 0.25) is 0 Å². The molecule has 0 radical (unpaired) electrons. The Hall–Kier alpha value is -5.03. The fourth-order valence-corrected chi connectivity index (χ4v) is 5.22. The zero-order valence-corrected chi connectivity index (χ0v) is 21.6. The van der Waals surface area contributed by atoms with Crippen molar-refractivity contribution in [3.05, 3.63) is 130 Å². The maximum Gasteiger partial charge on any atom is 0.273 e. The number of anilines is 1. The van der Waals surface area contributed by atoms with Crippen LogP contribution >= 0.6 is 0 Å². The molecule has 4 aromatic carbocycles. The van der Waals surface area contributed by atoms with E-state index in [1.54, 1.807) is 60.7 Å². The van der Waals surface area contributed by atoms with Gasteiger partial charge in [-0.05, 0) is 42.0 Å². The number of hydrogen-bond acceptors (Lipinski definition) is 7. The molecular weight excluding hydrogens is 520 g/mol. The van der Waals surface area contributed by atoms with Crippen LogP contribution in [0.1, 0.15) is 21.5 Å². The van der Waals surface area contributed by atoms with Crippen LogP contribution in [0.5, 0.6) is 5.75 Å². The topological polar surface area (TPSA) is 131 Å². The summed E-state index contributed by atoms with van der Waals surface area (Å²) in [5, 5.41) is 14.9. The standard InChI is InChI=1S/C28H24N4O6S/c1-38-24-14-16-25(17-15-24)39(36,37)31(20-21-8-3-2-4-9-21)27-13-6-5-12-26(27)28(33)30-29-19-22-10-7-11-23(18-22)32(34)35/h2-19H,20H2,1H3,(H,30,33)/b29-19+. The highest BCUT2D eigenvalue weighted by Crippen LogP contribution is 2.30. The van der Waals surface area contributed by atoms with E-state index in [4.69, 9.17) is 4.74 Å². The minimum atomic E-state index is -4.11. The van der Waals surface area contributed by atoms with Crippen molar-refractivity contribution < 1.29 is 22.9 Å². The summed E-state index contributed by atoms with van der Waals surface area (Å²) in [6, 6.07) is 27.0. The highest BCUT2D eigenvalue weighted by molar-refractivity contribution is 7.92. The van der Waals surface area contributed by atoms with E-state index in [2.05, 4.69) is 10.5 Å². The van der Waals surface area contributed by atoms with Gasteiger partial charge >= 0.3 is 0 Å². The van der Waals surface area contributed by atoms with Gasteiger partial charge in [0.05, 0.1) is 40.9 Å². The number of para-hydroxylation sites is 1. The first-order chi connectivity index (χ1) is 18.8. The number of ether oxygens (including phenoxy) is 1. The maximum atomic E-state index is 13.9. The predicted molar refractivity (Wildman–Crippen MR) is 147 cm³/mol. The number of nitro groups is 1. The summed E-state index contributed by atoms with van der Waals surface area (Å²) in [5.74, 6) is -0.153. The smallest absolute Gasteiger partial charge is 0.273 e. The SMILES string of the molecule is COc1ccc(S(=O)(=O)N(Cc2ccccc2)c2ccccc2C(=O)N/N=C/c2cccc([N+](=O)[O-])c2)cc1. The molecule has 0 aliphatic rings. The zero-order valence-electron chi connectivity index (χ0n) is 20.8. The van der Waals surface area contributed by atoms with E-state index in [0.717, 1.165) is 0 Å². The van der Waals surface area contributed by atoms with Crippen LogP contribution in [0.4, 0.5) is 11.4 Å². The number of nitro benzene ring substituents is 1. The van der Waals surface area contributed by atoms with Gasteiger partial charge in [-0.1, -0.05) is 54.6 Å². The molecule has 0 bridgehead atoms. The number of sulfonamides is 1. The van der Waals surface area contributed by atoms with E-state index in [0.29, 0.717) is 16.9 Å². The van der Waals surface area contributed by atoms with Gasteiger partial charge < -0.3 is 4.74 Å². The van der Waals surface area contributed by atoms with Crippen molar-refractivity contribution in [2.24, 2.45) is 5.10 Å². The Morgan fingerprint density at radius 3 is 2.36 bits per heavy atom. The normalized spacial score (nSPS) is 11.2. The molecule has 1 amide bonds. The fourth-order valence-electron chi connectivity index (χ4n) is 3.75. The lowest BCUT2D eigenvalue weighted by Crippen LogP contribution is -2.33. The van der Waals surface area contributed by atoms with Crippen LogP contribution in [0, 0.1) is 10.1 Å². The summed E-state index contributed by atoms with van der Waals surface area (Å²) in [4.78, 5) is 23.7. The van der Waals surface area contributed by atoms with Crippen molar-refractivity contribution in [2.75, 3.05) is 11.4 Å². The summed E-state index contributed by atoms with van der Waals surface area (Å²) in [5.41, 5.74) is 3.62. The second kappa shape index (κ2) is 12.0. The number of hydrazone groups is 1. The van der Waals surface area contributed by atoms with Crippen molar-refractivity contribution >= 4 is 33.5 Å². The Balaban J connectivity index is 1.68. The highest BCUT2D eigenvalue weighted by atomic mass is 32.2. The van der Waals surface area contributed by atoms with E-state index < -0.39 is 20.9 Å². The van der Waals surface area contributed by atoms with Crippen molar-refractivity contribution in [2.45, 2.75) is 11.4 Å². The van der Waals surface area contributed by atoms with Gasteiger partial charge in [0.15, 0.2) is 0 Å². The number of hydrogen-bond donors (Lipinski definition) is 1. The van der Waals surface area contributed by atoms with Gasteiger partial charge in [-0.2, -0.15) is 5.10 Å². The zero-order chi connectivity index (χ0) is 27.8. The molecule has 39 heavy (non-hydrogen) atoms. The van der Waals surface area contributed by atoms with E-state index in [9.17, 15) is 23.3 Å². The fraction of sp³-hybridized carbons (Fsp3) is 0.0714. The number of benzene rings is 4. The largest absolute Gasteiger partial charge is 0.497 e. The summed E-state index contributed by atoms with van der Waals surface area (Å²) in [6.45, 7) is -0.0313. The lowest BCUT2D eigenvalue weighted by atomic mass is 10.1. The number of rotatable bonds is 10. The van der Waals surface area contributed by atoms with Gasteiger partial charge in [-0.3, -0.25) is 19.2 Å². The van der Waals surface area contributed by atoms with Crippen molar-refractivity contribution in [1.82, 2.24) is 5.43 Å². The van der Waals surface area contributed by atoms with Gasteiger partial charge in [0.25, 0.3) is 21.6 Å². The van der Waals surface area contributed by atoms with Gasteiger partial charge in [0, 0.05) is 17.7 Å². The molecule has 0 atom stereocenters. The Kier molecular flexibility index (Phi) is 8.32. The molecular formula is C28H24N4O6S. The van der Waals surface area contributed by atoms with Crippen LogP contribution in [0.15, 0.2) is 113 Å². The molecule has 4 rings (SSSR count). The molecule has 0 aliphatic heterocycles. The number of non-ortho nitro benzene ring substituents is 1. The molecule has 10 nitrogen and oxygen atoms in total. The molecule has 0 unspecified atom stereocenters. The second-order valence-corrected chi connectivity index (χ2v) is 10.1. The molecule has 11 heteroatoms. The van der Waals surface area contributed by atoms with Crippen LogP contribution < -0.4 is 14.5 Å². The summed E-state index contributed by atoms with van der Waals surface area (Å²) in [7, 11) is -2.63. The van der Waals surface area contributed by atoms with E-state index in [1.807, 2.05) is 6.07 Å². The minimum Gasteiger partial charge on any atom is -0.497 e. The average Bonchev–Trinajstić information content (AvgIpc) is 2.96. The lowest BCUT2D eigenvalue weighted by molar-refractivity contribution is -0.384. The summed E-state index contributed by atoms with van der Waals surface area (Å²) >= 11 is 0. The average molecular weight is 545 g/mol. The van der Waals surface area contributed by atoms with Crippen molar-refractivity contribution in [3.8, 4) is 5.75 Å². The first-order valence-electron chi connectivity index (χ1n) is 11.7. The van der Waals surface area contributed by atoms with Crippen LogP contribution in [0.3, 0.4) is 0 Å². The van der Waals surface area contributed by atoms with E-state index >= 15 is 0 Å². The Bertz CT molecular complexity index is 1610. The summed E-state index contributed by atoms with van der Waals surface area (Å²) < 4.78 is 34.1. The molecule has 0 fully saturated rings. The minimum absolute atomic E-state index is 0.0261. The van der Waals surface area contributed by atoms with Crippen LogP contribution in [-0.4, -0.2) is 32.6 Å². The number of methoxy groups -OCH3 is 1. The third-order valence-corrected chi connectivity index (χ3v) is 7.47. The Morgan fingerprint density at radius 2 is 1.67 bits per heavy atom. The molecule has 0 saturated carbocycles. The molecule has 1 N–H and O–H groups in total. The number of amides is 1. The third kappa shape index (κ3) is 6.46. The Morgan fingerprint density at radius 1 is 0.974 bits per heavy atom. The molecule has 0 heterocycles. The van der Waals surface area contributed by atoms with Crippen molar-refractivity contribution in [3.63, 3.8) is 0 Å². The second-order valence-electron chi connectivity index (χ2n) is 8.24. The molecule has 198 valence electrons. The molecule has 0 aliphatic carbocycles. The first-order valence-corrected chi connectivity index (χ1v) is 13.1. The Labute approximate surface area is 225 Å². The number of nitrogens with zero attached hydrogens (tertiary/aromatic N) is 3. The van der Waals surface area contributed by atoms with E-state index in [-0.39, 0.29) is 28.4 Å². The van der Waals surface area contributed by atoms with Gasteiger partial charge in [-0.25, -0.2) is 13.8 Å². The quantitative estimate of drug-likeness (QED) is 0.174. The molecule has 4 aromatic rings. The van der Waals surface area contributed by atoms with Crippen LogP contribution in [-0.2, 0) is 16.6 Å². The van der Waals surface area contributed by atoms with Gasteiger partial charge in [0.1, 0.15) is 5.75 Å². The van der Waals surface area contributed by atoms with Gasteiger partial charge in [-0.15, -0.1) is 0 Å². The third-order valence-electron chi connectivity index (χ3n) is 5.69. The number of carbonyl (C=O) groups is 1. The summed E-state index contributed by atoms with van der Waals surface area (Å²) in [6.07, 6.45) is 1.27. The monoisotopic (exact) mass is 544 g/mol. The maximum absolute atomic E-state index is 13.9. The predicted octanol–water partition coefficient (Wildman–Crippen LogP) is 4.76. The molecule has 0 spiro atoms. The number of carbonyl (C=O) groups excluding carboxylic acids is 1. The van der Waals surface area contributed by atoms with E-state index in [1.165, 1.54) is 54.0 Å². The molecule has 0 aromatic heterocycles. The van der Waals surface area contributed by atoms with Crippen molar-refractivity contribution in [1.29, 1.82) is 0 Å². The highest BCUT2D eigenvalue weighted by Gasteiger charge is 2.28. The lowest BCUT2D eigenvalue weighted by Gasteiger charge is -2.26. The number of nitrogens with one attached hydrogen (secondary N) is 1. The van der Waals surface area contributed by atoms with Gasteiger partial charge in [0.2, 0.25) is 0 Å². The molecule has 0 saturated heterocycles.